The number of carbonyl (C=O) groups excluding carboxylic acids is 2. The first-order chi connectivity index (χ1) is 8.97. The molecule has 2 amide bonds. The van der Waals surface area contributed by atoms with E-state index < -0.39 is 5.91 Å². The van der Waals surface area contributed by atoms with Crippen LogP contribution < -0.4 is 11.1 Å². The van der Waals surface area contributed by atoms with Crippen LogP contribution in [0.5, 0.6) is 0 Å². The average Bonchev–Trinajstić information content (AvgIpc) is 2.70. The first-order valence-electron chi connectivity index (χ1n) is 6.60. The molecule has 1 heterocycles. The number of hydrogen-bond donors (Lipinski definition) is 2. The molecule has 3 N–H and O–H groups in total. The zero-order valence-corrected chi connectivity index (χ0v) is 11.8. The molecule has 0 aliphatic carbocycles. The lowest BCUT2D eigenvalue weighted by atomic mass is 10.0. The van der Waals surface area contributed by atoms with Gasteiger partial charge in [-0.25, -0.2) is 0 Å². The fraction of sp³-hybridized carbons (Fsp3) is 0.615. The highest BCUT2D eigenvalue weighted by molar-refractivity contribution is 6.02. The SMILES string of the molecule is CCCCCC(C)C(=O)Nc1cnn(C)c1C(N)=O. The predicted molar refractivity (Wildman–Crippen MR) is 73.7 cm³/mol. The number of anilines is 1. The van der Waals surface area contributed by atoms with Crippen LogP contribution in [0.3, 0.4) is 0 Å². The summed E-state index contributed by atoms with van der Waals surface area (Å²) in [5.41, 5.74) is 5.85. The van der Waals surface area contributed by atoms with Crippen molar-refractivity contribution in [2.45, 2.75) is 39.5 Å². The summed E-state index contributed by atoms with van der Waals surface area (Å²) in [6, 6.07) is 0. The molecule has 6 nitrogen and oxygen atoms in total. The summed E-state index contributed by atoms with van der Waals surface area (Å²) in [4.78, 5) is 23.3. The maximum Gasteiger partial charge on any atom is 0.269 e. The van der Waals surface area contributed by atoms with Crippen molar-refractivity contribution in [2.75, 3.05) is 5.32 Å². The topological polar surface area (TPSA) is 90.0 Å². The molecule has 1 aromatic heterocycles. The third-order valence-electron chi connectivity index (χ3n) is 3.12. The molecule has 19 heavy (non-hydrogen) atoms. The highest BCUT2D eigenvalue weighted by atomic mass is 16.2. The molecule has 0 aliphatic heterocycles. The lowest BCUT2D eigenvalue weighted by Crippen LogP contribution is -2.23. The van der Waals surface area contributed by atoms with Gasteiger partial charge in [-0.1, -0.05) is 33.1 Å². The van der Waals surface area contributed by atoms with Crippen molar-refractivity contribution < 1.29 is 9.59 Å². The number of unbranched alkanes of at least 4 members (excludes halogenated alkanes) is 2. The molecule has 1 unspecified atom stereocenters. The fourth-order valence-electron chi connectivity index (χ4n) is 1.91. The summed E-state index contributed by atoms with van der Waals surface area (Å²) in [7, 11) is 1.61. The molecule has 0 fully saturated rings. The van der Waals surface area contributed by atoms with E-state index in [-0.39, 0.29) is 17.5 Å². The molecule has 1 rings (SSSR count). The van der Waals surface area contributed by atoms with Crippen LogP contribution in [-0.2, 0) is 11.8 Å². The van der Waals surface area contributed by atoms with Crippen molar-refractivity contribution >= 4 is 17.5 Å². The zero-order chi connectivity index (χ0) is 14.4. The highest BCUT2D eigenvalue weighted by Crippen LogP contribution is 2.16. The highest BCUT2D eigenvalue weighted by Gasteiger charge is 2.18. The fourth-order valence-corrected chi connectivity index (χ4v) is 1.91. The van der Waals surface area contributed by atoms with Gasteiger partial charge >= 0.3 is 0 Å². The lowest BCUT2D eigenvalue weighted by Gasteiger charge is -2.11. The van der Waals surface area contributed by atoms with Crippen molar-refractivity contribution in [3.63, 3.8) is 0 Å². The molecule has 6 heteroatoms. The minimum Gasteiger partial charge on any atom is -0.364 e. The van der Waals surface area contributed by atoms with Gasteiger partial charge in [-0.05, 0) is 6.42 Å². The number of nitrogens with zero attached hydrogens (tertiary/aromatic N) is 2. The van der Waals surface area contributed by atoms with Crippen molar-refractivity contribution in [2.24, 2.45) is 18.7 Å². The van der Waals surface area contributed by atoms with E-state index in [4.69, 9.17) is 5.73 Å². The molecule has 106 valence electrons. The van der Waals surface area contributed by atoms with Gasteiger partial charge in [0.05, 0.1) is 11.9 Å². The first kappa shape index (κ1) is 15.2. The van der Waals surface area contributed by atoms with Crippen molar-refractivity contribution in [1.29, 1.82) is 0 Å². The molecule has 1 atom stereocenters. The largest absolute Gasteiger partial charge is 0.364 e. The Bertz CT molecular complexity index is 453. The Morgan fingerprint density at radius 1 is 1.47 bits per heavy atom. The van der Waals surface area contributed by atoms with Crippen molar-refractivity contribution in [3.8, 4) is 0 Å². The summed E-state index contributed by atoms with van der Waals surface area (Å²) in [6.45, 7) is 4.00. The van der Waals surface area contributed by atoms with Crippen LogP contribution in [0.25, 0.3) is 0 Å². The summed E-state index contributed by atoms with van der Waals surface area (Å²) in [5, 5.41) is 6.64. The van der Waals surface area contributed by atoms with Gasteiger partial charge in [-0.2, -0.15) is 5.10 Å². The van der Waals surface area contributed by atoms with Gasteiger partial charge < -0.3 is 11.1 Å². The van der Waals surface area contributed by atoms with E-state index in [1.807, 2.05) is 6.92 Å². The Labute approximate surface area is 113 Å². The predicted octanol–water partition coefficient (Wildman–Crippen LogP) is 1.67. The van der Waals surface area contributed by atoms with Crippen LogP contribution in [0.2, 0.25) is 0 Å². The molecule has 0 radical (unpaired) electrons. The third kappa shape index (κ3) is 4.08. The number of rotatable bonds is 7. The Hall–Kier alpha value is -1.85. The Balaban J connectivity index is 2.64. The Kier molecular flexibility index (Phi) is 5.54. The smallest absolute Gasteiger partial charge is 0.269 e. The van der Waals surface area contributed by atoms with Gasteiger partial charge in [0.15, 0.2) is 0 Å². The molecule has 0 spiro atoms. The molecule has 0 saturated heterocycles. The van der Waals surface area contributed by atoms with Crippen LogP contribution in [-0.4, -0.2) is 21.6 Å². The van der Waals surface area contributed by atoms with Crippen LogP contribution in [0.15, 0.2) is 6.20 Å². The molecular formula is C13H22N4O2. The molecule has 0 saturated carbocycles. The van der Waals surface area contributed by atoms with Crippen LogP contribution in [0.1, 0.15) is 50.0 Å². The quantitative estimate of drug-likeness (QED) is 0.735. The van der Waals surface area contributed by atoms with Gasteiger partial charge in [0.25, 0.3) is 5.91 Å². The normalized spacial score (nSPS) is 12.2. The van der Waals surface area contributed by atoms with Gasteiger partial charge in [-0.15, -0.1) is 0 Å². The van der Waals surface area contributed by atoms with E-state index in [2.05, 4.69) is 17.3 Å². The number of nitrogens with two attached hydrogens (primary N) is 1. The number of aromatic nitrogens is 2. The van der Waals surface area contributed by atoms with Gasteiger partial charge in [0.2, 0.25) is 5.91 Å². The van der Waals surface area contributed by atoms with E-state index in [0.29, 0.717) is 5.69 Å². The molecule has 0 aromatic carbocycles. The molecule has 1 aromatic rings. The zero-order valence-electron chi connectivity index (χ0n) is 11.8. The standard InChI is InChI=1S/C13H22N4O2/c1-4-5-6-7-9(2)13(19)16-10-8-15-17(3)11(10)12(14)18/h8-9H,4-7H2,1-3H3,(H2,14,18)(H,16,19). The summed E-state index contributed by atoms with van der Waals surface area (Å²) in [5.74, 6) is -0.798. The van der Waals surface area contributed by atoms with Crippen molar-refractivity contribution in [1.82, 2.24) is 9.78 Å². The van der Waals surface area contributed by atoms with E-state index in [9.17, 15) is 9.59 Å². The van der Waals surface area contributed by atoms with E-state index in [1.165, 1.54) is 10.9 Å². The number of amides is 2. The second-order valence-corrected chi connectivity index (χ2v) is 4.78. The lowest BCUT2D eigenvalue weighted by molar-refractivity contribution is -0.119. The number of aryl methyl sites for hydroxylation is 1. The molecule has 0 aliphatic rings. The summed E-state index contributed by atoms with van der Waals surface area (Å²) < 4.78 is 1.36. The van der Waals surface area contributed by atoms with Gasteiger partial charge in [-0.3, -0.25) is 14.3 Å². The van der Waals surface area contributed by atoms with E-state index in [1.54, 1.807) is 7.05 Å². The van der Waals surface area contributed by atoms with Crippen LogP contribution in [0, 0.1) is 5.92 Å². The third-order valence-corrected chi connectivity index (χ3v) is 3.12. The maximum atomic E-state index is 12.0. The average molecular weight is 266 g/mol. The Morgan fingerprint density at radius 2 is 2.16 bits per heavy atom. The monoisotopic (exact) mass is 266 g/mol. The Morgan fingerprint density at radius 3 is 2.74 bits per heavy atom. The minimum absolute atomic E-state index is 0.0903. The maximum absolute atomic E-state index is 12.0. The molecular weight excluding hydrogens is 244 g/mol. The van der Waals surface area contributed by atoms with Gasteiger partial charge in [0.1, 0.15) is 5.69 Å². The minimum atomic E-state index is -0.603. The first-order valence-corrected chi connectivity index (χ1v) is 6.60. The van der Waals surface area contributed by atoms with Gasteiger partial charge in [0, 0.05) is 13.0 Å². The van der Waals surface area contributed by atoms with E-state index >= 15 is 0 Å². The number of nitrogens with one attached hydrogen (secondary N) is 1. The van der Waals surface area contributed by atoms with Crippen LogP contribution in [0.4, 0.5) is 5.69 Å². The second-order valence-electron chi connectivity index (χ2n) is 4.78. The summed E-state index contributed by atoms with van der Waals surface area (Å²) in [6.07, 6.45) is 5.56. The number of carbonyl (C=O) groups is 2. The number of primary amides is 1. The number of hydrogen-bond acceptors (Lipinski definition) is 3. The summed E-state index contributed by atoms with van der Waals surface area (Å²) >= 11 is 0. The van der Waals surface area contributed by atoms with Crippen LogP contribution >= 0.6 is 0 Å². The van der Waals surface area contributed by atoms with E-state index in [0.717, 1.165) is 25.7 Å². The van der Waals surface area contributed by atoms with Crippen molar-refractivity contribution in [3.05, 3.63) is 11.9 Å². The molecule has 0 bridgehead atoms. The second kappa shape index (κ2) is 6.92.